The molecule has 1 N–H and O–H groups in total. The van der Waals surface area contributed by atoms with Gasteiger partial charge in [0.05, 0.1) is 18.6 Å². The molecule has 1 aromatic heterocycles. The number of imidazole rings is 1. The van der Waals surface area contributed by atoms with Crippen LogP contribution in [0.3, 0.4) is 0 Å². The van der Waals surface area contributed by atoms with E-state index in [9.17, 15) is 0 Å². The number of hydrogen-bond donors (Lipinski definition) is 1. The van der Waals surface area contributed by atoms with Gasteiger partial charge in [-0.25, -0.2) is 4.98 Å². The standard InChI is InChI=1S/C14H23N3O2/c1-3-18-4-2-12(1)9-19-10-13-5-15-6-14-7-16-11-17(14)8-13/h7,11-13,15H,1-6,8-10H2. The number of nitrogens with zero attached hydrogens (tertiary/aromatic N) is 2. The summed E-state index contributed by atoms with van der Waals surface area (Å²) in [6.45, 7) is 6.47. The predicted molar refractivity (Wildman–Crippen MR) is 71.8 cm³/mol. The van der Waals surface area contributed by atoms with E-state index < -0.39 is 0 Å². The van der Waals surface area contributed by atoms with Crippen molar-refractivity contribution in [2.24, 2.45) is 11.8 Å². The molecule has 1 fully saturated rings. The first-order chi connectivity index (χ1) is 9.42. The Morgan fingerprint density at radius 3 is 3.05 bits per heavy atom. The number of rotatable bonds is 4. The summed E-state index contributed by atoms with van der Waals surface area (Å²) in [6.07, 6.45) is 6.16. The second-order valence-corrected chi connectivity index (χ2v) is 5.63. The zero-order chi connectivity index (χ0) is 12.9. The monoisotopic (exact) mass is 265 g/mol. The Balaban J connectivity index is 1.42. The smallest absolute Gasteiger partial charge is 0.0948 e. The van der Waals surface area contributed by atoms with Crippen LogP contribution in [-0.2, 0) is 22.6 Å². The van der Waals surface area contributed by atoms with E-state index in [1.807, 2.05) is 12.5 Å². The lowest BCUT2D eigenvalue weighted by molar-refractivity contribution is 0.0102. The first-order valence-electron chi connectivity index (χ1n) is 7.27. The molecule has 0 spiro atoms. The van der Waals surface area contributed by atoms with Gasteiger partial charge >= 0.3 is 0 Å². The molecule has 1 atom stereocenters. The number of hydrogen-bond acceptors (Lipinski definition) is 4. The van der Waals surface area contributed by atoms with Gasteiger partial charge in [-0.15, -0.1) is 0 Å². The highest BCUT2D eigenvalue weighted by molar-refractivity contribution is 4.99. The van der Waals surface area contributed by atoms with Crippen LogP contribution >= 0.6 is 0 Å². The Kier molecular flexibility index (Phi) is 4.48. The lowest BCUT2D eigenvalue weighted by atomic mass is 10.0. The minimum atomic E-state index is 0.537. The SMILES string of the molecule is c1ncn2c1CNCC(COCC1CCOCC1)C2. The van der Waals surface area contributed by atoms with E-state index in [0.29, 0.717) is 11.8 Å². The van der Waals surface area contributed by atoms with Gasteiger partial charge in [0.2, 0.25) is 0 Å². The number of nitrogens with one attached hydrogen (secondary N) is 1. The summed E-state index contributed by atoms with van der Waals surface area (Å²) in [6, 6.07) is 0. The molecule has 0 saturated carbocycles. The van der Waals surface area contributed by atoms with Crippen molar-refractivity contribution in [1.29, 1.82) is 0 Å². The molecule has 0 bridgehead atoms. The second kappa shape index (κ2) is 6.50. The molecule has 19 heavy (non-hydrogen) atoms. The molecule has 5 nitrogen and oxygen atoms in total. The first kappa shape index (κ1) is 13.1. The maximum Gasteiger partial charge on any atom is 0.0948 e. The second-order valence-electron chi connectivity index (χ2n) is 5.63. The number of ether oxygens (including phenoxy) is 2. The topological polar surface area (TPSA) is 48.3 Å². The van der Waals surface area contributed by atoms with Crippen molar-refractivity contribution in [1.82, 2.24) is 14.9 Å². The number of aromatic nitrogens is 2. The van der Waals surface area contributed by atoms with E-state index in [4.69, 9.17) is 9.47 Å². The Hall–Kier alpha value is -0.910. The fourth-order valence-corrected chi connectivity index (χ4v) is 2.83. The molecule has 1 aromatic rings. The van der Waals surface area contributed by atoms with Gasteiger partial charge < -0.3 is 19.4 Å². The van der Waals surface area contributed by atoms with Crippen molar-refractivity contribution in [3.8, 4) is 0 Å². The minimum Gasteiger partial charge on any atom is -0.381 e. The van der Waals surface area contributed by atoms with Crippen LogP contribution in [0.4, 0.5) is 0 Å². The van der Waals surface area contributed by atoms with E-state index >= 15 is 0 Å². The summed E-state index contributed by atoms with van der Waals surface area (Å²) in [5, 5.41) is 3.47. The van der Waals surface area contributed by atoms with Gasteiger partial charge in [0, 0.05) is 51.6 Å². The van der Waals surface area contributed by atoms with Crippen LogP contribution in [0.25, 0.3) is 0 Å². The van der Waals surface area contributed by atoms with Crippen LogP contribution in [0.1, 0.15) is 18.5 Å². The van der Waals surface area contributed by atoms with Crippen LogP contribution < -0.4 is 5.32 Å². The van der Waals surface area contributed by atoms with Gasteiger partial charge in [0.15, 0.2) is 0 Å². The van der Waals surface area contributed by atoms with Crippen LogP contribution in [0.2, 0.25) is 0 Å². The first-order valence-corrected chi connectivity index (χ1v) is 7.27. The molecule has 0 amide bonds. The maximum absolute atomic E-state index is 5.93. The molecule has 3 rings (SSSR count). The molecule has 2 aliphatic rings. The van der Waals surface area contributed by atoms with Crippen LogP contribution in [0.15, 0.2) is 12.5 Å². The molecular formula is C14H23N3O2. The molecule has 5 heteroatoms. The molecule has 3 heterocycles. The lowest BCUT2D eigenvalue weighted by Crippen LogP contribution is -2.27. The summed E-state index contributed by atoms with van der Waals surface area (Å²) < 4.78 is 13.5. The predicted octanol–water partition coefficient (Wildman–Crippen LogP) is 1.05. The van der Waals surface area contributed by atoms with Crippen molar-refractivity contribution < 1.29 is 9.47 Å². The van der Waals surface area contributed by atoms with Crippen LogP contribution in [0.5, 0.6) is 0 Å². The third kappa shape index (κ3) is 3.55. The molecular weight excluding hydrogens is 242 g/mol. The van der Waals surface area contributed by atoms with Crippen LogP contribution in [0, 0.1) is 11.8 Å². The Morgan fingerprint density at radius 2 is 2.16 bits per heavy atom. The van der Waals surface area contributed by atoms with Gasteiger partial charge in [0.25, 0.3) is 0 Å². The molecule has 0 radical (unpaired) electrons. The van der Waals surface area contributed by atoms with Gasteiger partial charge in [-0.05, 0) is 18.8 Å². The summed E-state index contributed by atoms with van der Waals surface area (Å²) in [7, 11) is 0. The van der Waals surface area contributed by atoms with Crippen molar-refractivity contribution in [3.63, 3.8) is 0 Å². The molecule has 0 aliphatic carbocycles. The van der Waals surface area contributed by atoms with E-state index in [1.54, 1.807) is 0 Å². The molecule has 2 aliphatic heterocycles. The Morgan fingerprint density at radius 1 is 1.32 bits per heavy atom. The highest BCUT2D eigenvalue weighted by Gasteiger charge is 2.18. The van der Waals surface area contributed by atoms with Gasteiger partial charge in [-0.2, -0.15) is 0 Å². The van der Waals surface area contributed by atoms with E-state index in [1.165, 1.54) is 5.69 Å². The Bertz CT molecular complexity index is 388. The molecule has 1 saturated heterocycles. The van der Waals surface area contributed by atoms with Gasteiger partial charge in [-0.3, -0.25) is 0 Å². The quantitative estimate of drug-likeness (QED) is 0.884. The summed E-state index contributed by atoms with van der Waals surface area (Å²) in [5.74, 6) is 1.23. The molecule has 1 unspecified atom stereocenters. The average molecular weight is 265 g/mol. The summed E-state index contributed by atoms with van der Waals surface area (Å²) in [5.41, 5.74) is 1.27. The van der Waals surface area contributed by atoms with Crippen molar-refractivity contribution in [2.75, 3.05) is 33.0 Å². The highest BCUT2D eigenvalue weighted by Crippen LogP contribution is 2.16. The molecule has 0 aromatic carbocycles. The summed E-state index contributed by atoms with van der Waals surface area (Å²) in [4.78, 5) is 4.20. The van der Waals surface area contributed by atoms with Crippen molar-refractivity contribution >= 4 is 0 Å². The van der Waals surface area contributed by atoms with Gasteiger partial charge in [0.1, 0.15) is 0 Å². The third-order valence-corrected chi connectivity index (χ3v) is 4.04. The van der Waals surface area contributed by atoms with E-state index in [-0.39, 0.29) is 0 Å². The van der Waals surface area contributed by atoms with E-state index in [0.717, 1.165) is 58.9 Å². The zero-order valence-electron chi connectivity index (χ0n) is 11.4. The van der Waals surface area contributed by atoms with Crippen molar-refractivity contribution in [2.45, 2.75) is 25.9 Å². The third-order valence-electron chi connectivity index (χ3n) is 4.04. The van der Waals surface area contributed by atoms with Crippen molar-refractivity contribution in [3.05, 3.63) is 18.2 Å². The Labute approximate surface area is 114 Å². The minimum absolute atomic E-state index is 0.537. The fourth-order valence-electron chi connectivity index (χ4n) is 2.83. The fraction of sp³-hybridized carbons (Fsp3) is 0.786. The maximum atomic E-state index is 5.93. The van der Waals surface area contributed by atoms with Crippen LogP contribution in [-0.4, -0.2) is 42.5 Å². The normalized spacial score (nSPS) is 24.9. The average Bonchev–Trinajstić information content (AvgIpc) is 2.79. The number of fused-ring (bicyclic) bond motifs is 1. The van der Waals surface area contributed by atoms with E-state index in [2.05, 4.69) is 14.9 Å². The largest absolute Gasteiger partial charge is 0.381 e. The zero-order valence-corrected chi connectivity index (χ0v) is 11.4. The lowest BCUT2D eigenvalue weighted by Gasteiger charge is -2.23. The molecule has 106 valence electrons. The van der Waals surface area contributed by atoms with Gasteiger partial charge in [-0.1, -0.05) is 0 Å². The summed E-state index contributed by atoms with van der Waals surface area (Å²) >= 11 is 0. The highest BCUT2D eigenvalue weighted by atomic mass is 16.5.